The second-order valence-electron chi connectivity index (χ2n) is 7.97. The zero-order chi connectivity index (χ0) is 24.0. The molecule has 0 aliphatic carbocycles. The van der Waals surface area contributed by atoms with E-state index in [9.17, 15) is 18.9 Å². The van der Waals surface area contributed by atoms with Gasteiger partial charge >= 0.3 is 14.0 Å². The monoisotopic (exact) mass is 473 g/mol. The largest absolute Gasteiger partial charge is 0.510 e. The molecule has 0 saturated carbocycles. The minimum absolute atomic E-state index is 0.0929. The van der Waals surface area contributed by atoms with Crippen LogP contribution in [0.1, 0.15) is 37.4 Å². The first-order valence-corrected chi connectivity index (χ1v) is 12.0. The second-order valence-corrected chi connectivity index (χ2v) is 9.26. The van der Waals surface area contributed by atoms with Crippen molar-refractivity contribution in [3.63, 3.8) is 0 Å². The van der Waals surface area contributed by atoms with Gasteiger partial charge in [-0.25, -0.2) is 9.07 Å². The molecule has 7 nitrogen and oxygen atoms in total. The van der Waals surface area contributed by atoms with E-state index in [4.69, 9.17) is 14.7 Å². The van der Waals surface area contributed by atoms with E-state index < -0.39 is 26.5 Å². The van der Waals surface area contributed by atoms with Crippen molar-refractivity contribution in [2.75, 3.05) is 12.8 Å². The molecule has 0 radical (unpaired) electrons. The molecule has 1 aromatic heterocycles. The van der Waals surface area contributed by atoms with E-state index in [-0.39, 0.29) is 24.5 Å². The number of nitrogens with zero attached hydrogens (tertiary/aromatic N) is 2. The average Bonchev–Trinajstić information content (AvgIpc) is 3.14. The van der Waals surface area contributed by atoms with Gasteiger partial charge in [0.1, 0.15) is 18.5 Å². The van der Waals surface area contributed by atoms with Crippen LogP contribution in [0.25, 0.3) is 16.9 Å². The van der Waals surface area contributed by atoms with Crippen LogP contribution in [0.3, 0.4) is 0 Å². The Labute approximate surface area is 192 Å². The van der Waals surface area contributed by atoms with Crippen LogP contribution in [0.15, 0.2) is 54.6 Å². The molecule has 0 saturated heterocycles. The molecule has 9 heteroatoms. The van der Waals surface area contributed by atoms with Crippen molar-refractivity contribution in [2.45, 2.75) is 38.7 Å². The minimum atomic E-state index is -2.22. The summed E-state index contributed by atoms with van der Waals surface area (Å²) >= 11 is 0. The van der Waals surface area contributed by atoms with Crippen molar-refractivity contribution in [1.82, 2.24) is 9.78 Å². The van der Waals surface area contributed by atoms with Crippen LogP contribution in [-0.2, 0) is 20.3 Å². The van der Waals surface area contributed by atoms with Gasteiger partial charge in [-0.2, -0.15) is 5.10 Å². The number of carboxylic acids is 1. The highest BCUT2D eigenvalue weighted by molar-refractivity contribution is 7.39. The summed E-state index contributed by atoms with van der Waals surface area (Å²) in [5.41, 5.74) is 4.19. The van der Waals surface area contributed by atoms with E-state index in [1.165, 1.54) is 12.1 Å². The molecule has 2 aromatic carbocycles. The van der Waals surface area contributed by atoms with Crippen molar-refractivity contribution in [1.29, 1.82) is 0 Å². The van der Waals surface area contributed by atoms with Crippen molar-refractivity contribution in [2.24, 2.45) is 0 Å². The van der Waals surface area contributed by atoms with Crippen LogP contribution in [0.2, 0.25) is 0 Å². The molecule has 1 heterocycles. The van der Waals surface area contributed by atoms with Gasteiger partial charge in [-0.15, -0.1) is 4.52 Å². The maximum Gasteiger partial charge on any atom is 0.510 e. The Morgan fingerprint density at radius 2 is 1.82 bits per heavy atom. The molecule has 3 rings (SSSR count). The van der Waals surface area contributed by atoms with E-state index in [0.29, 0.717) is 6.42 Å². The van der Waals surface area contributed by atoms with Crippen LogP contribution >= 0.6 is 8.03 Å². The molecule has 2 atom stereocenters. The van der Waals surface area contributed by atoms with Gasteiger partial charge in [-0.05, 0) is 46.9 Å². The molecule has 0 aliphatic heterocycles. The number of para-hydroxylation sites is 1. The highest BCUT2D eigenvalue weighted by Crippen LogP contribution is 2.34. The molecule has 0 fully saturated rings. The second kappa shape index (κ2) is 11.3. The Bertz CT molecular complexity index is 1100. The number of halogens is 1. The standard InChI is InChI=1S/C24H26FN2O5P/c1-16(2)23-21(12-13-32-33(31)15-20(28)14-22(29)30)24(17-8-10-18(25)11-9-17)27(26-23)19-6-4-3-5-7-19/h3-11,16,20,28H,12-15H2,1-2H3/p+1/t20-/m0/s1. The summed E-state index contributed by atoms with van der Waals surface area (Å²) in [4.78, 5) is 10.7. The number of rotatable bonds is 11. The fraction of sp³-hybridized carbons (Fsp3) is 0.333. The Kier molecular flexibility index (Phi) is 8.44. The SMILES string of the molecule is CC(C)c1nn(-c2ccccc2)c(-c2ccc(F)cc2)c1CCO[P+](=O)C[C@@H](O)CC(=O)O. The topological polar surface area (TPSA) is 102 Å². The lowest BCUT2D eigenvalue weighted by Crippen LogP contribution is -2.15. The number of carboxylic acid groups (broad SMARTS) is 1. The number of benzene rings is 2. The number of aliphatic hydroxyl groups is 1. The summed E-state index contributed by atoms with van der Waals surface area (Å²) in [6.07, 6.45) is -1.57. The van der Waals surface area contributed by atoms with Gasteiger partial charge in [0.2, 0.25) is 6.16 Å². The maximum atomic E-state index is 13.6. The van der Waals surface area contributed by atoms with Crippen LogP contribution in [0, 0.1) is 5.82 Å². The molecule has 0 bridgehead atoms. The summed E-state index contributed by atoms with van der Waals surface area (Å²) in [7, 11) is -2.22. The number of aromatic nitrogens is 2. The van der Waals surface area contributed by atoms with Crippen molar-refractivity contribution in [3.8, 4) is 16.9 Å². The zero-order valence-corrected chi connectivity index (χ0v) is 19.4. The zero-order valence-electron chi connectivity index (χ0n) is 18.5. The van der Waals surface area contributed by atoms with Gasteiger partial charge in [0.05, 0.1) is 23.5 Å². The first-order chi connectivity index (χ1) is 15.8. The number of aliphatic hydroxyl groups excluding tert-OH is 1. The van der Waals surface area contributed by atoms with E-state index in [1.54, 1.807) is 12.1 Å². The fourth-order valence-electron chi connectivity index (χ4n) is 3.58. The fourth-order valence-corrected chi connectivity index (χ4v) is 4.45. The van der Waals surface area contributed by atoms with Gasteiger partial charge in [-0.1, -0.05) is 32.0 Å². The van der Waals surface area contributed by atoms with Gasteiger partial charge < -0.3 is 10.2 Å². The number of carbonyl (C=O) groups is 1. The predicted molar refractivity (Wildman–Crippen MR) is 123 cm³/mol. The first kappa shape index (κ1) is 24.7. The summed E-state index contributed by atoms with van der Waals surface area (Å²) in [5, 5.41) is 23.3. The van der Waals surface area contributed by atoms with Crippen LogP contribution in [0.5, 0.6) is 0 Å². The van der Waals surface area contributed by atoms with E-state index >= 15 is 0 Å². The predicted octanol–water partition coefficient (Wildman–Crippen LogP) is 4.94. The maximum absolute atomic E-state index is 13.6. The van der Waals surface area contributed by atoms with Crippen LogP contribution < -0.4 is 0 Å². The molecular formula is C24H27FN2O5P+. The Balaban J connectivity index is 1.91. The van der Waals surface area contributed by atoms with E-state index in [0.717, 1.165) is 28.2 Å². The third kappa shape index (κ3) is 6.54. The number of aliphatic carboxylic acids is 1. The third-order valence-electron chi connectivity index (χ3n) is 5.04. The molecule has 3 aromatic rings. The van der Waals surface area contributed by atoms with Crippen molar-refractivity contribution >= 4 is 14.0 Å². The lowest BCUT2D eigenvalue weighted by molar-refractivity contribution is -0.138. The summed E-state index contributed by atoms with van der Waals surface area (Å²) in [5.74, 6) is -1.41. The Morgan fingerprint density at radius 3 is 2.42 bits per heavy atom. The van der Waals surface area contributed by atoms with Crippen LogP contribution in [-0.4, -0.2) is 44.8 Å². The Hall–Kier alpha value is -2.93. The molecule has 33 heavy (non-hydrogen) atoms. The number of hydrogen-bond donors (Lipinski definition) is 2. The minimum Gasteiger partial charge on any atom is -0.481 e. The lowest BCUT2D eigenvalue weighted by Gasteiger charge is -2.10. The normalized spacial score (nSPS) is 12.7. The van der Waals surface area contributed by atoms with Crippen molar-refractivity contribution in [3.05, 3.63) is 71.7 Å². The molecule has 174 valence electrons. The summed E-state index contributed by atoms with van der Waals surface area (Å²) in [6.45, 7) is 4.15. The molecule has 1 unspecified atom stereocenters. The van der Waals surface area contributed by atoms with Gasteiger partial charge in [0.25, 0.3) is 0 Å². The smallest absolute Gasteiger partial charge is 0.481 e. The summed E-state index contributed by atoms with van der Waals surface area (Å²) < 4.78 is 33.0. The van der Waals surface area contributed by atoms with Gasteiger partial charge in [0.15, 0.2) is 0 Å². The van der Waals surface area contributed by atoms with E-state index in [2.05, 4.69) is 0 Å². The molecule has 2 N–H and O–H groups in total. The van der Waals surface area contributed by atoms with Gasteiger partial charge in [0, 0.05) is 17.5 Å². The van der Waals surface area contributed by atoms with Crippen LogP contribution in [0.4, 0.5) is 4.39 Å². The quantitative estimate of drug-likeness (QED) is 0.383. The highest BCUT2D eigenvalue weighted by Gasteiger charge is 2.27. The van der Waals surface area contributed by atoms with Gasteiger partial charge in [-0.3, -0.25) is 4.79 Å². The average molecular weight is 473 g/mol. The van der Waals surface area contributed by atoms with E-state index in [1.807, 2.05) is 48.9 Å². The number of hydrogen-bond acceptors (Lipinski definition) is 5. The molecule has 0 aliphatic rings. The summed E-state index contributed by atoms with van der Waals surface area (Å²) in [6, 6.07) is 15.8. The molecule has 0 spiro atoms. The lowest BCUT2D eigenvalue weighted by atomic mass is 9.98. The molecule has 0 amide bonds. The molecular weight excluding hydrogens is 446 g/mol. The Morgan fingerprint density at radius 1 is 1.15 bits per heavy atom. The van der Waals surface area contributed by atoms with Crippen molar-refractivity contribution < 1.29 is 28.5 Å². The first-order valence-electron chi connectivity index (χ1n) is 10.7. The highest BCUT2D eigenvalue weighted by atomic mass is 31.1. The third-order valence-corrected chi connectivity index (χ3v) is 6.23.